The average molecular weight is 417 g/mol. The van der Waals surface area contributed by atoms with Gasteiger partial charge in [-0.3, -0.25) is 14.6 Å². The highest BCUT2D eigenvalue weighted by atomic mass is 19.1. The number of aliphatic hydroxyl groups excluding tert-OH is 1. The molecule has 0 bridgehead atoms. The van der Waals surface area contributed by atoms with Gasteiger partial charge in [-0.15, -0.1) is 0 Å². The van der Waals surface area contributed by atoms with Gasteiger partial charge < -0.3 is 14.9 Å². The van der Waals surface area contributed by atoms with Gasteiger partial charge in [-0.05, 0) is 35.9 Å². The average Bonchev–Trinajstić information content (AvgIpc) is 2.79. The van der Waals surface area contributed by atoms with Crippen LogP contribution in [0, 0.1) is 5.82 Å². The predicted molar refractivity (Wildman–Crippen MR) is 112 cm³/mol. The number of halogens is 1. The van der Waals surface area contributed by atoms with Crippen molar-refractivity contribution in [3.63, 3.8) is 0 Å². The zero-order valence-corrected chi connectivity index (χ0v) is 16.6. The molecule has 3 atom stereocenters. The van der Waals surface area contributed by atoms with E-state index < -0.39 is 17.8 Å². The number of likely N-dealkylation sites (tertiary alicyclic amines) is 1. The van der Waals surface area contributed by atoms with Crippen molar-refractivity contribution in [2.75, 3.05) is 18.1 Å². The number of rotatable bonds is 3. The lowest BCUT2D eigenvalue weighted by Gasteiger charge is -2.58. The zero-order chi connectivity index (χ0) is 21.5. The number of benzene rings is 2. The Kier molecular flexibility index (Phi) is 4.75. The zero-order valence-electron chi connectivity index (χ0n) is 16.6. The van der Waals surface area contributed by atoms with E-state index in [1.165, 1.54) is 23.1 Å². The van der Waals surface area contributed by atoms with E-state index in [1.54, 1.807) is 35.5 Å². The van der Waals surface area contributed by atoms with Crippen molar-refractivity contribution in [2.24, 2.45) is 0 Å². The summed E-state index contributed by atoms with van der Waals surface area (Å²) in [6, 6.07) is 15.8. The smallest absolute Gasteiger partial charge is 0.258 e. The summed E-state index contributed by atoms with van der Waals surface area (Å²) in [5.41, 5.74) is 2.12. The molecule has 2 aliphatic heterocycles. The highest BCUT2D eigenvalue weighted by Crippen LogP contribution is 2.49. The van der Waals surface area contributed by atoms with Gasteiger partial charge in [0.05, 0.1) is 24.3 Å². The third kappa shape index (κ3) is 3.00. The number of hydrogen-bond acceptors (Lipinski definition) is 4. The van der Waals surface area contributed by atoms with Crippen LogP contribution in [0.4, 0.5) is 10.1 Å². The van der Waals surface area contributed by atoms with Gasteiger partial charge in [-0.25, -0.2) is 4.39 Å². The molecule has 3 heterocycles. The molecule has 2 amide bonds. The first-order chi connectivity index (χ1) is 15.1. The summed E-state index contributed by atoms with van der Waals surface area (Å²) < 4.78 is 14.3. The van der Waals surface area contributed by atoms with E-state index in [0.29, 0.717) is 5.56 Å². The minimum atomic E-state index is -0.603. The molecule has 2 aromatic carbocycles. The number of nitrogens with zero attached hydrogens (tertiary/aromatic N) is 3. The molecule has 1 N–H and O–H groups in total. The highest BCUT2D eigenvalue weighted by Gasteiger charge is 2.55. The number of carbonyl (C=O) groups excluding carboxylic acids is 2. The van der Waals surface area contributed by atoms with Crippen LogP contribution in [0.5, 0.6) is 0 Å². The van der Waals surface area contributed by atoms with Crippen molar-refractivity contribution in [3.05, 3.63) is 95.6 Å². The summed E-state index contributed by atoms with van der Waals surface area (Å²) in [6.07, 6.45) is 3.12. The van der Waals surface area contributed by atoms with Crippen LogP contribution in [0.25, 0.3) is 0 Å². The fourth-order valence-corrected chi connectivity index (χ4v) is 4.78. The van der Waals surface area contributed by atoms with Crippen molar-refractivity contribution < 1.29 is 19.1 Å². The Morgan fingerprint density at radius 3 is 2.45 bits per heavy atom. The molecule has 0 unspecified atom stereocenters. The predicted octanol–water partition coefficient (Wildman–Crippen LogP) is 2.85. The van der Waals surface area contributed by atoms with Crippen LogP contribution < -0.4 is 4.90 Å². The maximum absolute atomic E-state index is 14.3. The molecule has 31 heavy (non-hydrogen) atoms. The van der Waals surface area contributed by atoms with Gasteiger partial charge in [0.1, 0.15) is 5.82 Å². The second-order valence-electron chi connectivity index (χ2n) is 7.75. The molecule has 1 aromatic heterocycles. The number of fused-ring (bicyclic) bond motifs is 3. The quantitative estimate of drug-likeness (QED) is 0.711. The van der Waals surface area contributed by atoms with Gasteiger partial charge in [0.15, 0.2) is 0 Å². The minimum absolute atomic E-state index is 0.0368. The van der Waals surface area contributed by atoms with Crippen molar-refractivity contribution in [3.8, 4) is 0 Å². The standard InChI is InChI=1S/C24H20FN3O3/c25-18-7-3-1-5-16(18)24(31)28-20-13-27(23(30)15-9-11-26-12-10-15)19-8-4-2-6-17(19)22(20)21(28)14-29/h1-12,20-22,29H,13-14H2/t20-,21-,22+/m0/s1. The lowest BCUT2D eigenvalue weighted by molar-refractivity contribution is -0.0249. The molecular weight excluding hydrogens is 397 g/mol. The Balaban J connectivity index is 1.54. The van der Waals surface area contributed by atoms with Crippen LogP contribution in [0.15, 0.2) is 73.1 Å². The van der Waals surface area contributed by atoms with Crippen molar-refractivity contribution in [2.45, 2.75) is 18.0 Å². The van der Waals surface area contributed by atoms with E-state index in [2.05, 4.69) is 4.98 Å². The molecule has 156 valence electrons. The van der Waals surface area contributed by atoms with Crippen LogP contribution >= 0.6 is 0 Å². The van der Waals surface area contributed by atoms with Gasteiger partial charge in [0.25, 0.3) is 11.8 Å². The number of para-hydroxylation sites is 1. The summed E-state index contributed by atoms with van der Waals surface area (Å²) in [4.78, 5) is 33.6. The SMILES string of the molecule is O=C(c1ccncc1)N1C[C@H]2[C@@H](c3ccccc31)[C@H](CO)N2C(=O)c1ccccc1F. The normalized spacial score (nSPS) is 21.7. The Morgan fingerprint density at radius 1 is 1.00 bits per heavy atom. The summed E-state index contributed by atoms with van der Waals surface area (Å²) in [5.74, 6) is -1.40. The maximum atomic E-state index is 14.3. The summed E-state index contributed by atoms with van der Waals surface area (Å²) in [6.45, 7) is 0.0214. The maximum Gasteiger partial charge on any atom is 0.258 e. The van der Waals surface area contributed by atoms with E-state index in [9.17, 15) is 19.1 Å². The lowest BCUT2D eigenvalue weighted by atomic mass is 9.71. The molecule has 6 nitrogen and oxygen atoms in total. The first-order valence-electron chi connectivity index (χ1n) is 10.1. The first-order valence-corrected chi connectivity index (χ1v) is 10.1. The van der Waals surface area contributed by atoms with Crippen LogP contribution in [-0.4, -0.2) is 52.0 Å². The van der Waals surface area contributed by atoms with Gasteiger partial charge in [0.2, 0.25) is 0 Å². The van der Waals surface area contributed by atoms with Crippen molar-refractivity contribution >= 4 is 17.5 Å². The number of hydrogen-bond donors (Lipinski definition) is 1. The molecule has 7 heteroatoms. The Morgan fingerprint density at radius 2 is 1.71 bits per heavy atom. The van der Waals surface area contributed by atoms with E-state index in [1.807, 2.05) is 24.3 Å². The lowest BCUT2D eigenvalue weighted by Crippen LogP contribution is -2.70. The molecule has 0 aliphatic carbocycles. The van der Waals surface area contributed by atoms with E-state index in [-0.39, 0.29) is 36.6 Å². The van der Waals surface area contributed by atoms with Crippen LogP contribution in [-0.2, 0) is 0 Å². The van der Waals surface area contributed by atoms with Gasteiger partial charge >= 0.3 is 0 Å². The Labute approximate surface area is 178 Å². The number of amides is 2. The molecule has 0 radical (unpaired) electrons. The van der Waals surface area contributed by atoms with E-state index in [4.69, 9.17) is 0 Å². The summed E-state index contributed by atoms with van der Waals surface area (Å²) in [5, 5.41) is 10.1. The second kappa shape index (κ2) is 7.59. The van der Waals surface area contributed by atoms with Gasteiger partial charge in [0, 0.05) is 36.1 Å². The third-order valence-electron chi connectivity index (χ3n) is 6.20. The summed E-state index contributed by atoms with van der Waals surface area (Å²) in [7, 11) is 0. The number of carbonyl (C=O) groups is 2. The molecule has 1 fully saturated rings. The molecule has 0 saturated carbocycles. The number of anilines is 1. The second-order valence-corrected chi connectivity index (χ2v) is 7.75. The fourth-order valence-electron chi connectivity index (χ4n) is 4.78. The number of aliphatic hydroxyl groups is 1. The van der Waals surface area contributed by atoms with Gasteiger partial charge in [-0.2, -0.15) is 0 Å². The first kappa shape index (κ1) is 19.4. The highest BCUT2D eigenvalue weighted by molar-refractivity contribution is 6.07. The molecule has 3 aromatic rings. The van der Waals surface area contributed by atoms with E-state index >= 15 is 0 Å². The van der Waals surface area contributed by atoms with Crippen LogP contribution in [0.3, 0.4) is 0 Å². The molecule has 5 rings (SSSR count). The molecular formula is C24H20FN3O3. The largest absolute Gasteiger partial charge is 0.394 e. The summed E-state index contributed by atoms with van der Waals surface area (Å²) >= 11 is 0. The van der Waals surface area contributed by atoms with Crippen LogP contribution in [0.2, 0.25) is 0 Å². The van der Waals surface area contributed by atoms with Crippen molar-refractivity contribution in [1.82, 2.24) is 9.88 Å². The number of pyridine rings is 1. The molecule has 1 saturated heterocycles. The molecule has 2 aliphatic rings. The third-order valence-corrected chi connectivity index (χ3v) is 6.20. The minimum Gasteiger partial charge on any atom is -0.394 e. The monoisotopic (exact) mass is 417 g/mol. The van der Waals surface area contributed by atoms with E-state index in [0.717, 1.165) is 11.3 Å². The Bertz CT molecular complexity index is 1150. The topological polar surface area (TPSA) is 73.7 Å². The fraction of sp³-hybridized carbons (Fsp3) is 0.208. The molecule has 0 spiro atoms. The number of aromatic nitrogens is 1. The Hall–Kier alpha value is -3.58. The van der Waals surface area contributed by atoms with Crippen LogP contribution in [0.1, 0.15) is 32.2 Å². The van der Waals surface area contributed by atoms with Crippen molar-refractivity contribution in [1.29, 1.82) is 0 Å². The van der Waals surface area contributed by atoms with Gasteiger partial charge in [-0.1, -0.05) is 30.3 Å².